The number of rotatable bonds is 7. The van der Waals surface area contributed by atoms with E-state index in [1.165, 1.54) is 16.9 Å². The minimum Gasteiger partial charge on any atom is -0.337 e. The van der Waals surface area contributed by atoms with Gasteiger partial charge in [-0.15, -0.1) is 0 Å². The normalized spacial score (nSPS) is 12.3. The number of imidazole rings is 1. The van der Waals surface area contributed by atoms with Crippen LogP contribution in [0, 0.1) is 0 Å². The van der Waals surface area contributed by atoms with E-state index in [0.29, 0.717) is 5.13 Å². The molecule has 0 unspecified atom stereocenters. The van der Waals surface area contributed by atoms with Crippen LogP contribution in [0.1, 0.15) is 44.7 Å². The van der Waals surface area contributed by atoms with Gasteiger partial charge in [0, 0.05) is 25.0 Å². The third kappa shape index (κ3) is 5.51. The Kier molecular flexibility index (Phi) is 6.51. The van der Waals surface area contributed by atoms with Gasteiger partial charge in [-0.1, -0.05) is 68.5 Å². The summed E-state index contributed by atoms with van der Waals surface area (Å²) in [4.78, 5) is 21.5. The number of aryl methyl sites for hydroxylation is 1. The van der Waals surface area contributed by atoms with Crippen molar-refractivity contribution in [3.63, 3.8) is 0 Å². The third-order valence-electron chi connectivity index (χ3n) is 5.37. The molecule has 32 heavy (non-hydrogen) atoms. The van der Waals surface area contributed by atoms with E-state index < -0.39 is 0 Å². The second kappa shape index (κ2) is 9.49. The number of carbonyl (C=O) groups is 1. The number of aromatic nitrogens is 3. The average molecular weight is 445 g/mol. The van der Waals surface area contributed by atoms with Gasteiger partial charge in [0.15, 0.2) is 5.13 Å². The first-order chi connectivity index (χ1) is 15.4. The van der Waals surface area contributed by atoms with Gasteiger partial charge >= 0.3 is 0 Å². The second-order valence-electron chi connectivity index (χ2n) is 8.88. The molecule has 0 radical (unpaired) electrons. The van der Waals surface area contributed by atoms with Crippen molar-refractivity contribution in [2.24, 2.45) is 0 Å². The first kappa shape index (κ1) is 22.0. The Morgan fingerprint density at radius 3 is 2.59 bits per heavy atom. The largest absolute Gasteiger partial charge is 0.337 e. The number of thiazole rings is 1. The monoisotopic (exact) mass is 444 g/mol. The van der Waals surface area contributed by atoms with Crippen LogP contribution in [0.2, 0.25) is 0 Å². The molecule has 5 nitrogen and oxygen atoms in total. The zero-order chi connectivity index (χ0) is 22.6. The van der Waals surface area contributed by atoms with E-state index >= 15 is 0 Å². The molecule has 4 rings (SSSR count). The third-order valence-corrected chi connectivity index (χ3v) is 6.32. The SMILES string of the molecule is CC(C)(C)c1ccc(C(=CC(=O)Nc2nc3ccccc3s2)CCCn2ccnc2)cc1. The molecular formula is C26H28N4OS. The van der Waals surface area contributed by atoms with Gasteiger partial charge in [0.25, 0.3) is 0 Å². The smallest absolute Gasteiger partial charge is 0.250 e. The number of anilines is 1. The number of carbonyl (C=O) groups excluding carboxylic acids is 1. The van der Waals surface area contributed by atoms with E-state index in [9.17, 15) is 4.79 Å². The number of benzene rings is 2. The van der Waals surface area contributed by atoms with Gasteiger partial charge in [0.2, 0.25) is 5.91 Å². The lowest BCUT2D eigenvalue weighted by atomic mass is 9.86. The molecule has 0 aliphatic carbocycles. The quantitative estimate of drug-likeness (QED) is 0.341. The van der Waals surface area contributed by atoms with Crippen LogP contribution in [0.5, 0.6) is 0 Å². The highest BCUT2D eigenvalue weighted by atomic mass is 32.1. The molecule has 0 aliphatic rings. The summed E-state index contributed by atoms with van der Waals surface area (Å²) in [6, 6.07) is 16.4. The van der Waals surface area contributed by atoms with E-state index in [2.05, 4.69) is 64.9 Å². The molecule has 0 atom stereocenters. The first-order valence-electron chi connectivity index (χ1n) is 10.8. The van der Waals surface area contributed by atoms with Crippen LogP contribution in [0.3, 0.4) is 0 Å². The van der Waals surface area contributed by atoms with Gasteiger partial charge in [-0.05, 0) is 47.1 Å². The fourth-order valence-corrected chi connectivity index (χ4v) is 4.45. The molecular weight excluding hydrogens is 416 g/mol. The molecule has 164 valence electrons. The summed E-state index contributed by atoms with van der Waals surface area (Å²) in [5, 5.41) is 3.57. The fourth-order valence-electron chi connectivity index (χ4n) is 3.58. The summed E-state index contributed by atoms with van der Waals surface area (Å²) >= 11 is 1.49. The van der Waals surface area contributed by atoms with Crippen molar-refractivity contribution in [2.45, 2.75) is 45.6 Å². The number of para-hydroxylation sites is 1. The summed E-state index contributed by atoms with van der Waals surface area (Å²) < 4.78 is 3.12. The molecule has 6 heteroatoms. The van der Waals surface area contributed by atoms with Crippen LogP contribution in [0.25, 0.3) is 15.8 Å². The van der Waals surface area contributed by atoms with Crippen molar-refractivity contribution in [3.05, 3.63) is 84.5 Å². The van der Waals surface area contributed by atoms with E-state index in [0.717, 1.165) is 40.7 Å². The van der Waals surface area contributed by atoms with Crippen molar-refractivity contribution < 1.29 is 4.79 Å². The fraction of sp³-hybridized carbons (Fsp3) is 0.269. The molecule has 0 spiro atoms. The van der Waals surface area contributed by atoms with Gasteiger partial charge in [-0.2, -0.15) is 0 Å². The lowest BCUT2D eigenvalue weighted by Crippen LogP contribution is -2.11. The molecule has 0 fully saturated rings. The summed E-state index contributed by atoms with van der Waals surface area (Å²) in [7, 11) is 0. The molecule has 0 saturated heterocycles. The van der Waals surface area contributed by atoms with Crippen molar-refractivity contribution >= 4 is 38.2 Å². The highest BCUT2D eigenvalue weighted by Crippen LogP contribution is 2.28. The molecule has 2 aromatic heterocycles. The molecule has 4 aromatic rings. The van der Waals surface area contributed by atoms with Gasteiger partial charge in [0.05, 0.1) is 16.5 Å². The molecule has 0 saturated carbocycles. The lowest BCUT2D eigenvalue weighted by molar-refractivity contribution is -0.111. The van der Waals surface area contributed by atoms with Gasteiger partial charge < -0.3 is 4.57 Å². The predicted octanol–water partition coefficient (Wildman–Crippen LogP) is 6.29. The molecule has 1 N–H and O–H groups in total. The summed E-state index contributed by atoms with van der Waals surface area (Å²) in [6.07, 6.45) is 8.99. The van der Waals surface area contributed by atoms with Crippen LogP contribution < -0.4 is 5.32 Å². The highest BCUT2D eigenvalue weighted by molar-refractivity contribution is 7.22. The van der Waals surface area contributed by atoms with E-state index in [1.54, 1.807) is 12.3 Å². The summed E-state index contributed by atoms with van der Waals surface area (Å²) in [6.45, 7) is 7.47. The average Bonchev–Trinajstić information content (AvgIpc) is 3.41. The van der Waals surface area contributed by atoms with Crippen LogP contribution in [0.4, 0.5) is 5.13 Å². The maximum atomic E-state index is 12.9. The second-order valence-corrected chi connectivity index (χ2v) is 9.91. The number of nitrogens with zero attached hydrogens (tertiary/aromatic N) is 3. The number of hydrogen-bond donors (Lipinski definition) is 1. The standard InChI is InChI=1S/C26H28N4OS/c1-26(2,3)21-12-10-19(11-13-21)20(7-6-15-30-16-14-27-18-30)17-24(31)29-25-28-22-8-4-5-9-23(22)32-25/h4-5,8-14,16-18H,6-7,15H2,1-3H3,(H,28,29,31). The molecule has 0 aliphatic heterocycles. The van der Waals surface area contributed by atoms with Crippen molar-refractivity contribution in [1.82, 2.24) is 14.5 Å². The zero-order valence-electron chi connectivity index (χ0n) is 18.7. The summed E-state index contributed by atoms with van der Waals surface area (Å²) in [5.74, 6) is -0.151. The Morgan fingerprint density at radius 1 is 1.12 bits per heavy atom. The zero-order valence-corrected chi connectivity index (χ0v) is 19.5. The van der Waals surface area contributed by atoms with Crippen molar-refractivity contribution in [2.75, 3.05) is 5.32 Å². The van der Waals surface area contributed by atoms with Gasteiger partial charge in [0.1, 0.15) is 0 Å². The van der Waals surface area contributed by atoms with Crippen molar-refractivity contribution in [3.8, 4) is 0 Å². The number of nitrogens with one attached hydrogen (secondary N) is 1. The van der Waals surface area contributed by atoms with Gasteiger partial charge in [-0.3, -0.25) is 10.1 Å². The lowest BCUT2D eigenvalue weighted by Gasteiger charge is -2.19. The molecule has 2 heterocycles. The van der Waals surface area contributed by atoms with Crippen LogP contribution >= 0.6 is 11.3 Å². The predicted molar refractivity (Wildman–Crippen MR) is 133 cm³/mol. The first-order valence-corrected chi connectivity index (χ1v) is 11.6. The van der Waals surface area contributed by atoms with E-state index in [4.69, 9.17) is 0 Å². The Morgan fingerprint density at radius 2 is 1.91 bits per heavy atom. The maximum Gasteiger partial charge on any atom is 0.250 e. The Labute approximate surface area is 192 Å². The topological polar surface area (TPSA) is 59.8 Å². The van der Waals surface area contributed by atoms with Crippen LogP contribution in [-0.2, 0) is 16.8 Å². The van der Waals surface area contributed by atoms with Crippen LogP contribution in [0.15, 0.2) is 73.3 Å². The highest BCUT2D eigenvalue weighted by Gasteiger charge is 2.14. The number of amides is 1. The molecule has 0 bridgehead atoms. The molecule has 2 aromatic carbocycles. The van der Waals surface area contributed by atoms with Crippen molar-refractivity contribution in [1.29, 1.82) is 0 Å². The Balaban J connectivity index is 1.53. The Bertz CT molecular complexity index is 1180. The Hall–Kier alpha value is -3.25. The molecule has 1 amide bonds. The maximum absolute atomic E-state index is 12.9. The minimum absolute atomic E-state index is 0.0913. The van der Waals surface area contributed by atoms with E-state index in [-0.39, 0.29) is 11.3 Å². The minimum atomic E-state index is -0.151. The van der Waals surface area contributed by atoms with E-state index in [1.807, 2.05) is 36.8 Å². The van der Waals surface area contributed by atoms with Crippen LogP contribution in [-0.4, -0.2) is 20.4 Å². The number of hydrogen-bond acceptors (Lipinski definition) is 4. The van der Waals surface area contributed by atoms with Gasteiger partial charge in [-0.25, -0.2) is 9.97 Å². The number of fused-ring (bicyclic) bond motifs is 1. The summed E-state index contributed by atoms with van der Waals surface area (Å²) in [5.41, 5.74) is 4.36. The number of allylic oxidation sites excluding steroid dienone is 1.